The van der Waals surface area contributed by atoms with Gasteiger partial charge in [0.2, 0.25) is 6.20 Å². The summed E-state index contributed by atoms with van der Waals surface area (Å²) in [4.78, 5) is 9.16. The minimum Gasteiger partial charge on any atom is -0.259 e. The fourth-order valence-electron chi connectivity index (χ4n) is 1.04. The first kappa shape index (κ1) is 11.2. The van der Waals surface area contributed by atoms with E-state index in [0.717, 1.165) is 12.1 Å². The summed E-state index contributed by atoms with van der Waals surface area (Å²) in [7, 11) is 0. The molecule has 6 heteroatoms. The smallest absolute Gasteiger partial charge is 0.259 e. The summed E-state index contributed by atoms with van der Waals surface area (Å²) in [5.41, 5.74) is -1.11. The van der Waals surface area contributed by atoms with Crippen molar-refractivity contribution in [1.82, 2.24) is 0 Å². The average Bonchev–Trinajstić information content (AvgIpc) is 2.13. The molecule has 1 aromatic carbocycles. The second-order valence-corrected chi connectivity index (χ2v) is 2.69. The van der Waals surface area contributed by atoms with Crippen LogP contribution in [-0.2, 0) is 6.18 Å². The van der Waals surface area contributed by atoms with Gasteiger partial charge in [-0.05, 0) is 11.6 Å². The van der Waals surface area contributed by atoms with Crippen LogP contribution in [0.2, 0.25) is 0 Å². The van der Waals surface area contributed by atoms with Crippen LogP contribution in [0.15, 0.2) is 30.5 Å². The van der Waals surface area contributed by atoms with Gasteiger partial charge >= 0.3 is 6.18 Å². The molecule has 15 heavy (non-hydrogen) atoms. The third kappa shape index (κ3) is 3.08. The molecule has 0 aliphatic rings. The first-order valence-electron chi connectivity index (χ1n) is 3.89. The Kier molecular flexibility index (Phi) is 3.08. The molecule has 0 unspecified atom stereocenters. The van der Waals surface area contributed by atoms with Gasteiger partial charge in [0, 0.05) is 6.08 Å². The van der Waals surface area contributed by atoms with E-state index in [4.69, 9.17) is 0 Å². The van der Waals surface area contributed by atoms with Crippen molar-refractivity contribution in [3.63, 3.8) is 0 Å². The number of hydrogen-bond donors (Lipinski definition) is 0. The summed E-state index contributed by atoms with van der Waals surface area (Å²) < 4.78 is 37.1. The molecule has 0 fully saturated rings. The lowest BCUT2D eigenvalue weighted by atomic mass is 10.1. The topological polar surface area (TPSA) is 43.1 Å². The Balaban J connectivity index is 3.13. The van der Waals surface area contributed by atoms with E-state index in [9.17, 15) is 23.3 Å². The molecule has 0 bridgehead atoms. The molecule has 0 atom stereocenters. The lowest BCUT2D eigenvalue weighted by molar-refractivity contribution is -0.400. The van der Waals surface area contributed by atoms with Crippen LogP contribution in [0, 0.1) is 10.1 Å². The average molecular weight is 217 g/mol. The number of nitro groups is 1. The molecule has 1 aromatic rings. The zero-order valence-electron chi connectivity index (χ0n) is 7.36. The summed E-state index contributed by atoms with van der Waals surface area (Å²) in [6.45, 7) is 0. The molecule has 0 radical (unpaired) electrons. The minimum absolute atomic E-state index is 0.221. The number of halogens is 3. The Bertz CT molecular complexity index is 399. The Morgan fingerprint density at radius 3 is 2.40 bits per heavy atom. The predicted octanol–water partition coefficient (Wildman–Crippen LogP) is 2.95. The minimum atomic E-state index is -4.50. The molecule has 0 N–H and O–H groups in total. The van der Waals surface area contributed by atoms with E-state index in [1.54, 1.807) is 0 Å². The first-order chi connectivity index (χ1) is 6.91. The SMILES string of the molecule is O=[N+]([O-])/C=C/c1ccccc1C(F)(F)F. The molecule has 0 saturated heterocycles. The van der Waals surface area contributed by atoms with Crippen LogP contribution in [0.1, 0.15) is 11.1 Å². The predicted molar refractivity (Wildman–Crippen MR) is 47.5 cm³/mol. The second-order valence-electron chi connectivity index (χ2n) is 2.69. The lowest BCUT2D eigenvalue weighted by Gasteiger charge is -2.08. The molecule has 3 nitrogen and oxygen atoms in total. The largest absolute Gasteiger partial charge is 0.416 e. The second kappa shape index (κ2) is 4.12. The van der Waals surface area contributed by atoms with E-state index in [-0.39, 0.29) is 5.56 Å². The fraction of sp³-hybridized carbons (Fsp3) is 0.111. The Morgan fingerprint density at radius 1 is 1.27 bits per heavy atom. The molecule has 0 aromatic heterocycles. The van der Waals surface area contributed by atoms with Gasteiger partial charge < -0.3 is 0 Å². The molecule has 80 valence electrons. The van der Waals surface area contributed by atoms with Crippen LogP contribution in [0.25, 0.3) is 6.08 Å². The number of alkyl halides is 3. The summed E-state index contributed by atoms with van der Waals surface area (Å²) in [5, 5.41) is 9.97. The molecular weight excluding hydrogens is 211 g/mol. The molecule has 0 aliphatic heterocycles. The van der Waals surface area contributed by atoms with Gasteiger partial charge in [-0.15, -0.1) is 0 Å². The van der Waals surface area contributed by atoms with Crippen molar-refractivity contribution in [2.24, 2.45) is 0 Å². The lowest BCUT2D eigenvalue weighted by Crippen LogP contribution is -2.06. The highest BCUT2D eigenvalue weighted by Gasteiger charge is 2.32. The Labute approximate surface area is 83.0 Å². The Morgan fingerprint density at radius 2 is 1.87 bits per heavy atom. The van der Waals surface area contributed by atoms with E-state index in [0.29, 0.717) is 6.20 Å². The summed E-state index contributed by atoms with van der Waals surface area (Å²) in [6.07, 6.45) is -3.20. The molecule has 0 spiro atoms. The normalized spacial score (nSPS) is 11.9. The summed E-state index contributed by atoms with van der Waals surface area (Å²) in [6, 6.07) is 4.66. The monoisotopic (exact) mass is 217 g/mol. The number of hydrogen-bond acceptors (Lipinski definition) is 2. The quantitative estimate of drug-likeness (QED) is 0.564. The van der Waals surface area contributed by atoms with Crippen molar-refractivity contribution in [2.45, 2.75) is 6.18 Å². The van der Waals surface area contributed by atoms with Crippen LogP contribution >= 0.6 is 0 Å². The van der Waals surface area contributed by atoms with Gasteiger partial charge in [0.1, 0.15) is 0 Å². The molecule has 0 amide bonds. The first-order valence-corrected chi connectivity index (χ1v) is 3.89. The molecule has 0 aliphatic carbocycles. The van der Waals surface area contributed by atoms with Crippen molar-refractivity contribution >= 4 is 6.08 Å². The van der Waals surface area contributed by atoms with Crippen LogP contribution < -0.4 is 0 Å². The number of rotatable bonds is 2. The third-order valence-corrected chi connectivity index (χ3v) is 1.64. The maximum absolute atomic E-state index is 12.4. The fourth-order valence-corrected chi connectivity index (χ4v) is 1.04. The third-order valence-electron chi connectivity index (χ3n) is 1.64. The van der Waals surface area contributed by atoms with E-state index < -0.39 is 16.7 Å². The Hall–Kier alpha value is -1.85. The van der Waals surface area contributed by atoms with Crippen molar-refractivity contribution in [3.8, 4) is 0 Å². The van der Waals surface area contributed by atoms with Crippen molar-refractivity contribution < 1.29 is 18.1 Å². The van der Waals surface area contributed by atoms with E-state index in [1.807, 2.05) is 0 Å². The van der Waals surface area contributed by atoms with E-state index in [2.05, 4.69) is 0 Å². The van der Waals surface area contributed by atoms with Crippen molar-refractivity contribution in [2.75, 3.05) is 0 Å². The molecule has 1 rings (SSSR count). The highest BCUT2D eigenvalue weighted by molar-refractivity contribution is 5.53. The van der Waals surface area contributed by atoms with Crippen LogP contribution in [0.5, 0.6) is 0 Å². The maximum Gasteiger partial charge on any atom is 0.416 e. The van der Waals surface area contributed by atoms with Crippen LogP contribution in [0.3, 0.4) is 0 Å². The van der Waals surface area contributed by atoms with E-state index >= 15 is 0 Å². The standard InChI is InChI=1S/C9H6F3NO2/c10-9(11,12)8-4-2-1-3-7(8)5-6-13(14)15/h1-6H/b6-5+. The van der Waals surface area contributed by atoms with Crippen molar-refractivity contribution in [3.05, 3.63) is 51.7 Å². The highest BCUT2D eigenvalue weighted by atomic mass is 19.4. The van der Waals surface area contributed by atoms with Gasteiger partial charge in [0.15, 0.2) is 0 Å². The molecule has 0 heterocycles. The van der Waals surface area contributed by atoms with Gasteiger partial charge in [-0.25, -0.2) is 0 Å². The van der Waals surface area contributed by atoms with Gasteiger partial charge in [-0.1, -0.05) is 18.2 Å². The van der Waals surface area contributed by atoms with Crippen molar-refractivity contribution in [1.29, 1.82) is 0 Å². The number of benzene rings is 1. The maximum atomic E-state index is 12.4. The zero-order valence-corrected chi connectivity index (χ0v) is 7.36. The molecular formula is C9H6F3NO2. The molecule has 0 saturated carbocycles. The van der Waals surface area contributed by atoms with Gasteiger partial charge in [-0.2, -0.15) is 13.2 Å². The van der Waals surface area contributed by atoms with Gasteiger partial charge in [-0.3, -0.25) is 10.1 Å². The van der Waals surface area contributed by atoms with Gasteiger partial charge in [0.25, 0.3) is 0 Å². The van der Waals surface area contributed by atoms with Crippen LogP contribution in [0.4, 0.5) is 13.2 Å². The van der Waals surface area contributed by atoms with Gasteiger partial charge in [0.05, 0.1) is 10.5 Å². The van der Waals surface area contributed by atoms with Crippen LogP contribution in [-0.4, -0.2) is 4.92 Å². The summed E-state index contributed by atoms with van der Waals surface area (Å²) >= 11 is 0. The number of nitrogens with zero attached hydrogens (tertiary/aromatic N) is 1. The van der Waals surface area contributed by atoms with E-state index in [1.165, 1.54) is 18.2 Å². The summed E-state index contributed by atoms with van der Waals surface area (Å²) in [5.74, 6) is 0. The zero-order chi connectivity index (χ0) is 11.5. The highest BCUT2D eigenvalue weighted by Crippen LogP contribution is 2.32.